The summed E-state index contributed by atoms with van der Waals surface area (Å²) >= 11 is 0. The van der Waals surface area contributed by atoms with Crippen molar-refractivity contribution in [2.45, 2.75) is 88.1 Å². The van der Waals surface area contributed by atoms with Crippen molar-refractivity contribution in [3.8, 4) is 11.5 Å². The predicted molar refractivity (Wildman–Crippen MR) is 195 cm³/mol. The van der Waals surface area contributed by atoms with Crippen LogP contribution in [0.1, 0.15) is 86.9 Å². The number of sulfone groups is 2. The van der Waals surface area contributed by atoms with Gasteiger partial charge in [0.05, 0.1) is 71.4 Å². The van der Waals surface area contributed by atoms with Crippen LogP contribution < -0.4 is 31.6 Å². The van der Waals surface area contributed by atoms with Crippen molar-refractivity contribution in [1.29, 1.82) is 0 Å². The van der Waals surface area contributed by atoms with E-state index in [2.05, 4.69) is 34.3 Å². The number of likely N-dealkylation sites (tertiary alicyclic amines) is 2. The van der Waals surface area contributed by atoms with Gasteiger partial charge in [0.25, 0.3) is 11.8 Å². The van der Waals surface area contributed by atoms with E-state index >= 15 is 0 Å². The van der Waals surface area contributed by atoms with Gasteiger partial charge in [0, 0.05) is 37.3 Å². The van der Waals surface area contributed by atoms with Gasteiger partial charge >= 0.3 is 0 Å². The highest BCUT2D eigenvalue weighted by Gasteiger charge is 2.27. The molecule has 0 radical (unpaired) electrons. The third kappa shape index (κ3) is 9.80. The van der Waals surface area contributed by atoms with Gasteiger partial charge in [-0.15, -0.1) is 0 Å². The lowest BCUT2D eigenvalue weighted by molar-refractivity contribution is 0.0905. The summed E-state index contributed by atoms with van der Waals surface area (Å²) in [4.78, 5) is 29.6. The number of nitrogen functional groups attached to an aromatic ring is 2. The van der Waals surface area contributed by atoms with Gasteiger partial charge in [-0.3, -0.25) is 19.4 Å². The number of rotatable bonds is 14. The Bertz CT molecular complexity index is 1590. The molecule has 0 spiro atoms. The number of anilines is 2. The minimum absolute atomic E-state index is 0.0337. The average molecular weight is 739 g/mol. The first-order valence-electron chi connectivity index (χ1n) is 17.1. The van der Waals surface area contributed by atoms with Gasteiger partial charge in [0.2, 0.25) is 0 Å². The Kier molecular flexibility index (Phi) is 14.7. The number of amides is 2. The minimum Gasteiger partial charge on any atom is -0.496 e. The van der Waals surface area contributed by atoms with Crippen LogP contribution in [0.15, 0.2) is 34.1 Å². The number of benzene rings is 2. The Labute approximate surface area is 297 Å². The van der Waals surface area contributed by atoms with E-state index in [-0.39, 0.29) is 67.1 Å². The Morgan fingerprint density at radius 3 is 1.36 bits per heavy atom. The van der Waals surface area contributed by atoms with E-state index in [1.807, 2.05) is 0 Å². The number of methoxy groups -OCH3 is 2. The molecule has 0 aliphatic carbocycles. The molecule has 2 unspecified atom stereocenters. The van der Waals surface area contributed by atoms with Crippen LogP contribution in [0.4, 0.5) is 11.4 Å². The average Bonchev–Trinajstić information content (AvgIpc) is 3.78. The first kappa shape index (κ1) is 40.8. The fraction of sp³-hybridized carbons (Fsp3) is 0.588. The number of nitrogens with one attached hydrogen (secondary N) is 2. The van der Waals surface area contributed by atoms with Crippen molar-refractivity contribution in [3.63, 3.8) is 0 Å². The molecule has 2 aliphatic heterocycles. The van der Waals surface area contributed by atoms with Crippen LogP contribution in [0, 0.1) is 0 Å². The lowest BCUT2D eigenvalue weighted by Gasteiger charge is -2.23. The summed E-state index contributed by atoms with van der Waals surface area (Å²) in [5.74, 6) is -0.387. The van der Waals surface area contributed by atoms with Crippen LogP contribution in [0.5, 0.6) is 11.5 Å². The van der Waals surface area contributed by atoms with Crippen LogP contribution in [-0.2, 0) is 19.7 Å². The van der Waals surface area contributed by atoms with E-state index in [9.17, 15) is 26.4 Å². The van der Waals surface area contributed by atoms with Crippen molar-refractivity contribution >= 4 is 42.9 Å². The number of carbonyl (C=O) groups excluding carboxylic acids is 2. The third-order valence-corrected chi connectivity index (χ3v) is 13.0. The van der Waals surface area contributed by atoms with Crippen LogP contribution in [0.3, 0.4) is 0 Å². The zero-order chi connectivity index (χ0) is 37.2. The number of nitrogens with zero attached hydrogens (tertiary/aromatic N) is 2. The van der Waals surface area contributed by atoms with Crippen LogP contribution in [0.2, 0.25) is 0 Å². The predicted octanol–water partition coefficient (Wildman–Crippen LogP) is 3.27. The minimum atomic E-state index is -3.52. The molecule has 2 atom stereocenters. The van der Waals surface area contributed by atoms with Crippen LogP contribution in [-0.4, -0.2) is 103 Å². The van der Waals surface area contributed by atoms with Gasteiger partial charge in [-0.25, -0.2) is 16.8 Å². The zero-order valence-corrected chi connectivity index (χ0v) is 31.7. The molecule has 2 amide bonds. The summed E-state index contributed by atoms with van der Waals surface area (Å²) in [6.07, 6.45) is 6.60. The van der Waals surface area contributed by atoms with Gasteiger partial charge in [-0.05, 0) is 50.7 Å². The fourth-order valence-corrected chi connectivity index (χ4v) is 8.41. The second-order valence-electron chi connectivity index (χ2n) is 12.3. The van der Waals surface area contributed by atoms with Crippen molar-refractivity contribution < 1.29 is 35.9 Å². The first-order chi connectivity index (χ1) is 23.7. The smallest absolute Gasteiger partial charge is 0.256 e. The SMILES string of the molecule is CCC1CCCN1CNC(=O)c1cc(S(=O)(=O)CC)c(N)cc1OC.CCC1CCCN1CNC(=O)c1cc(S(=O)(=O)CC)c(N)cc1OC. The molecule has 0 bridgehead atoms. The molecule has 2 fully saturated rings. The lowest BCUT2D eigenvalue weighted by atomic mass is 10.1. The third-order valence-electron chi connectivity index (χ3n) is 9.41. The Hall–Kier alpha value is -3.60. The van der Waals surface area contributed by atoms with Gasteiger partial charge in [0.15, 0.2) is 19.7 Å². The van der Waals surface area contributed by atoms with Crippen molar-refractivity contribution in [3.05, 3.63) is 35.4 Å². The summed E-state index contributed by atoms with van der Waals surface area (Å²) in [5, 5.41) is 5.73. The van der Waals surface area contributed by atoms with Crippen molar-refractivity contribution in [1.82, 2.24) is 20.4 Å². The molecule has 16 heteroatoms. The van der Waals surface area contributed by atoms with E-state index in [1.165, 1.54) is 52.3 Å². The second kappa shape index (κ2) is 18.1. The summed E-state index contributed by atoms with van der Waals surface area (Å²) in [7, 11) is -4.20. The number of hydrogen-bond donors (Lipinski definition) is 4. The summed E-state index contributed by atoms with van der Waals surface area (Å²) in [6, 6.07) is 6.35. The quantitative estimate of drug-likeness (QED) is 0.206. The van der Waals surface area contributed by atoms with E-state index in [0.29, 0.717) is 25.4 Å². The molecule has 0 saturated carbocycles. The fourth-order valence-electron chi connectivity index (χ4n) is 6.36. The standard InChI is InChI=1S/2C17H27N3O4S/c2*1-4-12-7-6-8-20(12)11-19-17(21)13-9-16(25(22,23)5-2)14(18)10-15(13)24-3/h2*9-10,12H,4-8,11,18H2,1-3H3,(H,19,21). The molecule has 2 aliphatic rings. The Morgan fingerprint density at radius 1 is 0.700 bits per heavy atom. The molecule has 0 aromatic heterocycles. The second-order valence-corrected chi connectivity index (χ2v) is 16.8. The number of hydrogen-bond acceptors (Lipinski definition) is 12. The summed E-state index contributed by atoms with van der Waals surface area (Å²) < 4.78 is 59.2. The maximum absolute atomic E-state index is 12.6. The number of ether oxygens (including phenoxy) is 2. The van der Waals surface area contributed by atoms with Crippen molar-refractivity contribution in [2.75, 3.05) is 63.6 Å². The lowest BCUT2D eigenvalue weighted by Crippen LogP contribution is -2.40. The number of carbonyl (C=O) groups is 2. The first-order valence-corrected chi connectivity index (χ1v) is 20.4. The zero-order valence-electron chi connectivity index (χ0n) is 30.1. The van der Waals surface area contributed by atoms with Gasteiger partial charge in [-0.2, -0.15) is 0 Å². The normalized spacial score (nSPS) is 18.3. The molecular weight excluding hydrogens is 685 g/mol. The molecule has 2 aromatic carbocycles. The van der Waals surface area contributed by atoms with E-state index in [4.69, 9.17) is 20.9 Å². The molecule has 4 rings (SSSR count). The van der Waals surface area contributed by atoms with E-state index in [1.54, 1.807) is 0 Å². The van der Waals surface area contributed by atoms with Gasteiger partial charge in [-0.1, -0.05) is 27.7 Å². The monoisotopic (exact) mass is 738 g/mol. The molecule has 280 valence electrons. The maximum atomic E-state index is 12.6. The molecule has 2 heterocycles. The van der Waals surface area contributed by atoms with Crippen LogP contribution >= 0.6 is 0 Å². The largest absolute Gasteiger partial charge is 0.496 e. The summed E-state index contributed by atoms with van der Waals surface area (Å²) in [6.45, 7) is 10.1. The molecule has 50 heavy (non-hydrogen) atoms. The van der Waals surface area contributed by atoms with Crippen LogP contribution in [0.25, 0.3) is 0 Å². The molecule has 2 aromatic rings. The molecule has 6 N–H and O–H groups in total. The molecular formula is C34H54N6O8S2. The molecule has 14 nitrogen and oxygen atoms in total. The highest BCUT2D eigenvalue weighted by Crippen LogP contribution is 2.31. The summed E-state index contributed by atoms with van der Waals surface area (Å²) in [5.41, 5.74) is 12.2. The van der Waals surface area contributed by atoms with E-state index in [0.717, 1.165) is 51.6 Å². The Morgan fingerprint density at radius 2 is 1.06 bits per heavy atom. The topological polar surface area (TPSA) is 203 Å². The van der Waals surface area contributed by atoms with E-state index < -0.39 is 19.7 Å². The van der Waals surface area contributed by atoms with Gasteiger partial charge < -0.3 is 31.6 Å². The molecule has 2 saturated heterocycles. The van der Waals surface area contributed by atoms with Crippen molar-refractivity contribution in [2.24, 2.45) is 0 Å². The highest BCUT2D eigenvalue weighted by atomic mass is 32.2. The highest BCUT2D eigenvalue weighted by molar-refractivity contribution is 7.91. The number of nitrogens with two attached hydrogens (primary N) is 2. The Balaban J connectivity index is 0.000000270. The maximum Gasteiger partial charge on any atom is 0.256 e. The van der Waals surface area contributed by atoms with Gasteiger partial charge in [0.1, 0.15) is 11.5 Å².